The van der Waals surface area contributed by atoms with Gasteiger partial charge in [-0.3, -0.25) is 0 Å². The summed E-state index contributed by atoms with van der Waals surface area (Å²) in [5, 5.41) is 11.3. The summed E-state index contributed by atoms with van der Waals surface area (Å²) < 4.78 is 27.7. The number of hydrogen-bond acceptors (Lipinski definition) is 4. The molecule has 0 spiro atoms. The van der Waals surface area contributed by atoms with Crippen LogP contribution in [0.3, 0.4) is 0 Å². The van der Waals surface area contributed by atoms with Crippen molar-refractivity contribution in [1.29, 1.82) is 5.26 Å². The van der Waals surface area contributed by atoms with Crippen molar-refractivity contribution < 1.29 is 8.42 Å². The number of nitrogens with zero attached hydrogens (tertiary/aromatic N) is 3. The van der Waals surface area contributed by atoms with Gasteiger partial charge in [0.25, 0.3) is 0 Å². The summed E-state index contributed by atoms with van der Waals surface area (Å²) in [5.74, 6) is 0. The normalized spacial score (nSPS) is 15.5. The first-order chi connectivity index (χ1) is 13.5. The highest BCUT2D eigenvalue weighted by molar-refractivity contribution is 7.89. The zero-order valence-corrected chi connectivity index (χ0v) is 16.6. The summed E-state index contributed by atoms with van der Waals surface area (Å²) in [6.45, 7) is 1.92. The van der Waals surface area contributed by atoms with Gasteiger partial charge in [0.2, 0.25) is 10.0 Å². The molecule has 0 bridgehead atoms. The Morgan fingerprint density at radius 1 is 0.893 bits per heavy atom. The zero-order chi connectivity index (χ0) is 19.7. The minimum atomic E-state index is -3.54. The summed E-state index contributed by atoms with van der Waals surface area (Å²) in [6, 6.07) is 20.3. The van der Waals surface area contributed by atoms with Crippen LogP contribution in [-0.4, -0.2) is 38.9 Å². The number of rotatable bonds is 3. The lowest BCUT2D eigenvalue weighted by Crippen LogP contribution is -2.48. The van der Waals surface area contributed by atoms with Crippen molar-refractivity contribution in [2.45, 2.75) is 4.90 Å². The molecule has 0 unspecified atom stereocenters. The van der Waals surface area contributed by atoms with Crippen LogP contribution in [0.5, 0.6) is 0 Å². The van der Waals surface area contributed by atoms with Crippen molar-refractivity contribution in [2.75, 3.05) is 31.1 Å². The fraction of sp³-hybridized carbons (Fsp3) is 0.190. The van der Waals surface area contributed by atoms with E-state index in [9.17, 15) is 8.42 Å². The van der Waals surface area contributed by atoms with Crippen molar-refractivity contribution in [3.05, 3.63) is 71.2 Å². The van der Waals surface area contributed by atoms with Crippen LogP contribution >= 0.6 is 11.6 Å². The van der Waals surface area contributed by atoms with Gasteiger partial charge in [0.05, 0.1) is 15.5 Å². The van der Waals surface area contributed by atoms with E-state index in [1.165, 1.54) is 4.31 Å². The standard InChI is InChI=1S/C21H18ClN3O2S/c22-21-14-19(7-5-18(21)15-23)24-9-11-25(12-10-24)28(26,27)20-8-6-16-3-1-2-4-17(16)13-20/h1-8,13-14H,9-12H2. The molecule has 0 aromatic heterocycles. The third-order valence-corrected chi connectivity index (χ3v) is 7.24. The SMILES string of the molecule is N#Cc1ccc(N2CCN(S(=O)(=O)c3ccc4ccccc4c3)CC2)cc1Cl. The Kier molecular flexibility index (Phi) is 4.98. The number of anilines is 1. The molecule has 7 heteroatoms. The Hall–Kier alpha value is -2.59. The minimum Gasteiger partial charge on any atom is -0.369 e. The molecule has 0 saturated carbocycles. The molecule has 0 atom stereocenters. The summed E-state index contributed by atoms with van der Waals surface area (Å²) in [6.07, 6.45) is 0. The smallest absolute Gasteiger partial charge is 0.243 e. The van der Waals surface area contributed by atoms with Gasteiger partial charge in [-0.2, -0.15) is 9.57 Å². The molecule has 0 aliphatic carbocycles. The molecule has 1 aliphatic heterocycles. The molecular formula is C21H18ClN3O2S. The van der Waals surface area contributed by atoms with Crippen molar-refractivity contribution in [3.63, 3.8) is 0 Å². The van der Waals surface area contributed by atoms with E-state index >= 15 is 0 Å². The number of piperazine rings is 1. The Morgan fingerprint density at radius 3 is 2.29 bits per heavy atom. The van der Waals surface area contributed by atoms with Crippen molar-refractivity contribution in [2.24, 2.45) is 0 Å². The van der Waals surface area contributed by atoms with E-state index in [1.807, 2.05) is 42.5 Å². The summed E-state index contributed by atoms with van der Waals surface area (Å²) >= 11 is 6.12. The molecular weight excluding hydrogens is 394 g/mol. The van der Waals surface area contributed by atoms with E-state index in [0.29, 0.717) is 41.7 Å². The molecule has 142 valence electrons. The summed E-state index contributed by atoms with van der Waals surface area (Å²) in [4.78, 5) is 2.40. The maximum absolute atomic E-state index is 13.1. The molecule has 3 aromatic rings. The number of halogens is 1. The fourth-order valence-electron chi connectivity index (χ4n) is 3.45. The van der Waals surface area contributed by atoms with Gasteiger partial charge in [0, 0.05) is 31.9 Å². The predicted molar refractivity (Wildman–Crippen MR) is 111 cm³/mol. The van der Waals surface area contributed by atoms with E-state index in [0.717, 1.165) is 16.5 Å². The van der Waals surface area contributed by atoms with Crippen LogP contribution in [0.2, 0.25) is 5.02 Å². The Morgan fingerprint density at radius 2 is 1.61 bits per heavy atom. The Bertz CT molecular complexity index is 1180. The van der Waals surface area contributed by atoms with Crippen LogP contribution < -0.4 is 4.90 Å². The lowest BCUT2D eigenvalue weighted by molar-refractivity contribution is 0.385. The highest BCUT2D eigenvalue weighted by Crippen LogP contribution is 2.26. The van der Waals surface area contributed by atoms with Gasteiger partial charge >= 0.3 is 0 Å². The van der Waals surface area contributed by atoms with Crippen LogP contribution in [-0.2, 0) is 10.0 Å². The average Bonchev–Trinajstić information content (AvgIpc) is 2.73. The van der Waals surface area contributed by atoms with Crippen molar-refractivity contribution in [3.8, 4) is 6.07 Å². The molecule has 28 heavy (non-hydrogen) atoms. The molecule has 1 fully saturated rings. The zero-order valence-electron chi connectivity index (χ0n) is 15.0. The first kappa shape index (κ1) is 18.8. The second-order valence-corrected chi connectivity index (χ2v) is 9.02. The molecule has 0 amide bonds. The fourth-order valence-corrected chi connectivity index (χ4v) is 5.13. The molecule has 0 radical (unpaired) electrons. The molecule has 4 rings (SSSR count). The maximum atomic E-state index is 13.1. The topological polar surface area (TPSA) is 64.4 Å². The van der Waals surface area contributed by atoms with Gasteiger partial charge < -0.3 is 4.90 Å². The van der Waals surface area contributed by atoms with Crippen LogP contribution in [0.4, 0.5) is 5.69 Å². The van der Waals surface area contributed by atoms with Gasteiger partial charge in [-0.05, 0) is 41.1 Å². The summed E-state index contributed by atoms with van der Waals surface area (Å²) in [5.41, 5.74) is 1.33. The number of nitriles is 1. The average molecular weight is 412 g/mol. The minimum absolute atomic E-state index is 0.320. The molecule has 3 aromatic carbocycles. The van der Waals surface area contributed by atoms with E-state index in [2.05, 4.69) is 4.90 Å². The van der Waals surface area contributed by atoms with Gasteiger partial charge in [0.1, 0.15) is 6.07 Å². The third kappa shape index (κ3) is 3.45. The maximum Gasteiger partial charge on any atom is 0.243 e. The number of benzene rings is 3. The van der Waals surface area contributed by atoms with Crippen LogP contribution in [0.25, 0.3) is 10.8 Å². The van der Waals surface area contributed by atoms with Gasteiger partial charge in [-0.1, -0.05) is 41.9 Å². The van der Waals surface area contributed by atoms with Gasteiger partial charge in [0.15, 0.2) is 0 Å². The predicted octanol–water partition coefficient (Wildman–Crippen LogP) is 3.88. The second-order valence-electron chi connectivity index (χ2n) is 6.68. The van der Waals surface area contributed by atoms with Gasteiger partial charge in [-0.15, -0.1) is 0 Å². The lowest BCUT2D eigenvalue weighted by Gasteiger charge is -2.35. The first-order valence-corrected chi connectivity index (χ1v) is 10.7. The highest BCUT2D eigenvalue weighted by Gasteiger charge is 2.28. The van der Waals surface area contributed by atoms with Crippen LogP contribution in [0.15, 0.2) is 65.6 Å². The molecule has 5 nitrogen and oxygen atoms in total. The van der Waals surface area contributed by atoms with Crippen molar-refractivity contribution >= 4 is 38.1 Å². The highest BCUT2D eigenvalue weighted by atomic mass is 35.5. The van der Waals surface area contributed by atoms with Gasteiger partial charge in [-0.25, -0.2) is 8.42 Å². The Labute approximate surface area is 169 Å². The number of fused-ring (bicyclic) bond motifs is 1. The molecule has 0 N–H and O–H groups in total. The molecule has 1 heterocycles. The van der Waals surface area contributed by atoms with Crippen molar-refractivity contribution in [1.82, 2.24) is 4.31 Å². The third-order valence-electron chi connectivity index (χ3n) is 5.04. The Balaban J connectivity index is 1.52. The quantitative estimate of drug-likeness (QED) is 0.656. The van der Waals surface area contributed by atoms with Crippen LogP contribution in [0.1, 0.15) is 5.56 Å². The van der Waals surface area contributed by atoms with E-state index in [-0.39, 0.29) is 0 Å². The van der Waals surface area contributed by atoms with Crippen LogP contribution in [0, 0.1) is 11.3 Å². The van der Waals surface area contributed by atoms with E-state index < -0.39 is 10.0 Å². The number of sulfonamides is 1. The largest absolute Gasteiger partial charge is 0.369 e. The monoisotopic (exact) mass is 411 g/mol. The van der Waals surface area contributed by atoms with E-state index in [1.54, 1.807) is 24.3 Å². The molecule has 1 aliphatic rings. The second kappa shape index (κ2) is 7.44. The summed E-state index contributed by atoms with van der Waals surface area (Å²) in [7, 11) is -3.54. The first-order valence-electron chi connectivity index (χ1n) is 8.92. The lowest BCUT2D eigenvalue weighted by atomic mass is 10.1. The molecule has 1 saturated heterocycles. The number of hydrogen-bond donors (Lipinski definition) is 0. The van der Waals surface area contributed by atoms with E-state index in [4.69, 9.17) is 16.9 Å².